The Labute approximate surface area is 210 Å². The standard InChI is InChI=1S/C28H33N5O3/c1-28(2)18-36-26-20(9-10-21-24(26)25-22(17-29-21)31(3)27(34)33(25)28)19-8-11-23(30-16-19)35-15-7-14-32-12-5-4-6-13-32/h8-11,16-17H,4-7,12-15,18H2,1-3H3. The van der Waals surface area contributed by atoms with Gasteiger partial charge in [-0.15, -0.1) is 0 Å². The zero-order valence-corrected chi connectivity index (χ0v) is 21.3. The minimum Gasteiger partial charge on any atom is -0.490 e. The molecule has 0 spiro atoms. The Morgan fingerprint density at radius 3 is 2.67 bits per heavy atom. The molecule has 1 saturated heterocycles. The molecule has 8 heteroatoms. The maximum Gasteiger partial charge on any atom is 0.329 e. The van der Waals surface area contributed by atoms with E-state index < -0.39 is 5.54 Å². The summed E-state index contributed by atoms with van der Waals surface area (Å²) in [5.74, 6) is 1.37. The third kappa shape index (κ3) is 3.84. The van der Waals surface area contributed by atoms with Gasteiger partial charge >= 0.3 is 5.69 Å². The van der Waals surface area contributed by atoms with E-state index in [0.29, 0.717) is 19.1 Å². The number of hydrogen-bond acceptors (Lipinski definition) is 6. The van der Waals surface area contributed by atoms with Crippen LogP contribution in [-0.2, 0) is 12.6 Å². The molecule has 0 atom stereocenters. The van der Waals surface area contributed by atoms with Gasteiger partial charge in [-0.05, 0) is 64.4 Å². The molecule has 0 saturated carbocycles. The van der Waals surface area contributed by atoms with Crippen molar-refractivity contribution in [1.82, 2.24) is 24.0 Å². The molecule has 8 nitrogen and oxygen atoms in total. The zero-order chi connectivity index (χ0) is 24.9. The molecule has 4 aromatic rings. The molecule has 5 heterocycles. The van der Waals surface area contributed by atoms with Gasteiger partial charge in [0.15, 0.2) is 0 Å². The second kappa shape index (κ2) is 8.92. The molecule has 188 valence electrons. The molecule has 0 bridgehead atoms. The Hall–Kier alpha value is -3.39. The van der Waals surface area contributed by atoms with Gasteiger partial charge in [-0.2, -0.15) is 0 Å². The summed E-state index contributed by atoms with van der Waals surface area (Å²) in [6.07, 6.45) is 8.60. The summed E-state index contributed by atoms with van der Waals surface area (Å²) in [5, 5.41) is 0.867. The third-order valence-electron chi connectivity index (χ3n) is 7.54. The molecule has 2 aliphatic heterocycles. The average Bonchev–Trinajstić information content (AvgIpc) is 3.08. The van der Waals surface area contributed by atoms with Crippen LogP contribution in [0.5, 0.6) is 11.6 Å². The largest absolute Gasteiger partial charge is 0.490 e. The van der Waals surface area contributed by atoms with E-state index in [1.807, 2.05) is 48.9 Å². The van der Waals surface area contributed by atoms with Crippen LogP contribution < -0.4 is 15.2 Å². The molecule has 36 heavy (non-hydrogen) atoms. The summed E-state index contributed by atoms with van der Waals surface area (Å²) in [4.78, 5) is 24.9. The van der Waals surface area contributed by atoms with Gasteiger partial charge in [-0.25, -0.2) is 9.78 Å². The van der Waals surface area contributed by atoms with E-state index in [1.54, 1.807) is 17.8 Å². The van der Waals surface area contributed by atoms with Crippen molar-refractivity contribution in [2.45, 2.75) is 45.1 Å². The van der Waals surface area contributed by atoms with Gasteiger partial charge in [0.1, 0.15) is 12.4 Å². The zero-order valence-electron chi connectivity index (χ0n) is 21.3. The van der Waals surface area contributed by atoms with Crippen LogP contribution in [0.2, 0.25) is 0 Å². The van der Waals surface area contributed by atoms with Gasteiger partial charge in [0.05, 0.1) is 40.3 Å². The van der Waals surface area contributed by atoms with Gasteiger partial charge in [0, 0.05) is 37.0 Å². The highest BCUT2D eigenvalue weighted by Crippen LogP contribution is 2.42. The Bertz CT molecular complexity index is 1480. The number of hydrogen-bond donors (Lipinski definition) is 0. The van der Waals surface area contributed by atoms with E-state index in [0.717, 1.165) is 51.8 Å². The van der Waals surface area contributed by atoms with E-state index >= 15 is 0 Å². The van der Waals surface area contributed by atoms with Crippen molar-refractivity contribution in [1.29, 1.82) is 0 Å². The van der Waals surface area contributed by atoms with Gasteiger partial charge in [0.25, 0.3) is 0 Å². The molecule has 6 rings (SSSR count). The lowest BCUT2D eigenvalue weighted by atomic mass is 10.0. The number of ether oxygens (including phenoxy) is 2. The molecular formula is C28H33N5O3. The summed E-state index contributed by atoms with van der Waals surface area (Å²) < 4.78 is 15.9. The van der Waals surface area contributed by atoms with Crippen molar-refractivity contribution in [3.8, 4) is 22.8 Å². The number of likely N-dealkylation sites (tertiary alicyclic amines) is 1. The van der Waals surface area contributed by atoms with E-state index in [2.05, 4.69) is 14.9 Å². The summed E-state index contributed by atoms with van der Waals surface area (Å²) in [6, 6.07) is 7.96. The number of pyridine rings is 2. The quantitative estimate of drug-likeness (QED) is 0.377. The van der Waals surface area contributed by atoms with Crippen LogP contribution in [0.15, 0.2) is 41.5 Å². The first-order chi connectivity index (χ1) is 17.4. The number of benzene rings is 1. The van der Waals surface area contributed by atoms with Crippen molar-refractivity contribution >= 4 is 21.9 Å². The number of aryl methyl sites for hydroxylation is 1. The molecule has 2 aliphatic rings. The molecule has 3 aromatic heterocycles. The molecule has 0 radical (unpaired) electrons. The summed E-state index contributed by atoms with van der Waals surface area (Å²) in [7, 11) is 1.80. The van der Waals surface area contributed by atoms with Crippen LogP contribution in [-0.4, -0.2) is 56.9 Å². The van der Waals surface area contributed by atoms with Crippen molar-refractivity contribution < 1.29 is 9.47 Å². The molecule has 0 amide bonds. The lowest BCUT2D eigenvalue weighted by molar-refractivity contribution is 0.190. The molecular weight excluding hydrogens is 454 g/mol. The van der Waals surface area contributed by atoms with Crippen LogP contribution in [0.25, 0.3) is 33.1 Å². The molecule has 1 aromatic carbocycles. The molecule has 0 N–H and O–H groups in total. The van der Waals surface area contributed by atoms with E-state index in [9.17, 15) is 4.79 Å². The maximum absolute atomic E-state index is 13.2. The highest BCUT2D eigenvalue weighted by molar-refractivity contribution is 6.09. The van der Waals surface area contributed by atoms with Crippen molar-refractivity contribution in [3.63, 3.8) is 0 Å². The highest BCUT2D eigenvalue weighted by Gasteiger charge is 2.33. The average molecular weight is 488 g/mol. The van der Waals surface area contributed by atoms with Gasteiger partial charge in [-0.3, -0.25) is 14.1 Å². The number of imidazole rings is 1. The summed E-state index contributed by atoms with van der Waals surface area (Å²) in [6.45, 7) is 8.60. The molecule has 1 fully saturated rings. The first kappa shape index (κ1) is 23.0. The van der Waals surface area contributed by atoms with Crippen LogP contribution in [0.4, 0.5) is 0 Å². The molecule has 0 aliphatic carbocycles. The number of rotatable bonds is 6. The number of aromatic nitrogens is 4. The minimum absolute atomic E-state index is 0.0605. The second-order valence-corrected chi connectivity index (χ2v) is 10.6. The lowest BCUT2D eigenvalue weighted by Crippen LogP contribution is -2.40. The minimum atomic E-state index is -0.509. The van der Waals surface area contributed by atoms with Crippen LogP contribution in [0, 0.1) is 0 Å². The van der Waals surface area contributed by atoms with E-state index in [4.69, 9.17) is 9.47 Å². The third-order valence-corrected chi connectivity index (χ3v) is 7.54. The first-order valence-electron chi connectivity index (χ1n) is 12.9. The highest BCUT2D eigenvalue weighted by atomic mass is 16.5. The SMILES string of the molecule is Cn1c(=O)n2c3c4c(c(-c5ccc(OCCCN6CCCCC6)nc5)ccc4ncc31)OCC2(C)C. The normalized spacial score (nSPS) is 17.4. The fourth-order valence-corrected chi connectivity index (χ4v) is 5.57. The number of piperidine rings is 1. The van der Waals surface area contributed by atoms with Crippen LogP contribution in [0.3, 0.4) is 0 Å². The predicted octanol–water partition coefficient (Wildman–Crippen LogP) is 4.33. The topological polar surface area (TPSA) is 74.4 Å². The van der Waals surface area contributed by atoms with Gasteiger partial charge < -0.3 is 14.4 Å². The Balaban J connectivity index is 1.30. The lowest BCUT2D eigenvalue weighted by Gasteiger charge is -2.26. The van der Waals surface area contributed by atoms with Crippen molar-refractivity contribution in [3.05, 3.63) is 47.1 Å². The Kier molecular flexibility index (Phi) is 5.71. The number of nitrogens with zero attached hydrogens (tertiary/aromatic N) is 5. The predicted molar refractivity (Wildman–Crippen MR) is 141 cm³/mol. The van der Waals surface area contributed by atoms with Gasteiger partial charge in [-0.1, -0.05) is 6.42 Å². The summed E-state index contributed by atoms with van der Waals surface area (Å²) >= 11 is 0. The van der Waals surface area contributed by atoms with E-state index in [-0.39, 0.29) is 5.69 Å². The van der Waals surface area contributed by atoms with Crippen molar-refractivity contribution in [2.75, 3.05) is 32.8 Å². The Morgan fingerprint density at radius 1 is 1.06 bits per heavy atom. The first-order valence-corrected chi connectivity index (χ1v) is 12.9. The van der Waals surface area contributed by atoms with Crippen LogP contribution in [0.1, 0.15) is 39.5 Å². The van der Waals surface area contributed by atoms with E-state index in [1.165, 1.54) is 32.4 Å². The van der Waals surface area contributed by atoms with Crippen molar-refractivity contribution in [2.24, 2.45) is 7.05 Å². The van der Waals surface area contributed by atoms with Crippen LogP contribution >= 0.6 is 0 Å². The maximum atomic E-state index is 13.2. The molecule has 0 unspecified atom stereocenters. The smallest absolute Gasteiger partial charge is 0.329 e. The summed E-state index contributed by atoms with van der Waals surface area (Å²) in [5.41, 5.74) is 3.78. The second-order valence-electron chi connectivity index (χ2n) is 10.6. The van der Waals surface area contributed by atoms with Gasteiger partial charge in [0.2, 0.25) is 5.88 Å². The fraction of sp³-hybridized carbons (Fsp3) is 0.464. The Morgan fingerprint density at radius 2 is 1.89 bits per heavy atom. The monoisotopic (exact) mass is 487 g/mol. The fourth-order valence-electron chi connectivity index (χ4n) is 5.57.